The van der Waals surface area contributed by atoms with Crippen LogP contribution in [0.2, 0.25) is 5.04 Å². The standard InChI is InChI=1S/C23H32O2Si/c1-23(2,3)26(21-13-6-4-7-14-21,22-15-8-5-9-16-22)25-18-19-11-10-12-20(24)17-19/h4-9,13-16,19-20,24H,10-12,17-18H2,1-3H3/t19-,20-/m1/s1. The molecule has 0 amide bonds. The first kappa shape index (κ1) is 19.3. The van der Waals surface area contributed by atoms with E-state index in [9.17, 15) is 5.11 Å². The van der Waals surface area contributed by atoms with Crippen LogP contribution in [-0.4, -0.2) is 26.1 Å². The second-order valence-corrected chi connectivity index (χ2v) is 13.0. The Morgan fingerprint density at radius 3 is 1.92 bits per heavy atom. The lowest BCUT2D eigenvalue weighted by Gasteiger charge is -2.44. The van der Waals surface area contributed by atoms with Gasteiger partial charge in [0, 0.05) is 6.61 Å². The SMILES string of the molecule is CC(C)(C)[Si](OC[C@@H]1CCC[C@@H](O)C1)(c1ccccc1)c1ccccc1. The molecule has 3 rings (SSSR count). The summed E-state index contributed by atoms with van der Waals surface area (Å²) in [5.41, 5.74) is 0. The maximum Gasteiger partial charge on any atom is 0.261 e. The summed E-state index contributed by atoms with van der Waals surface area (Å²) >= 11 is 0. The van der Waals surface area contributed by atoms with E-state index in [-0.39, 0.29) is 11.1 Å². The van der Waals surface area contributed by atoms with Crippen LogP contribution in [0, 0.1) is 5.92 Å². The first-order chi connectivity index (χ1) is 12.4. The van der Waals surface area contributed by atoms with Crippen LogP contribution < -0.4 is 10.4 Å². The number of hydrogen-bond donors (Lipinski definition) is 1. The fourth-order valence-electron chi connectivity index (χ4n) is 4.42. The summed E-state index contributed by atoms with van der Waals surface area (Å²) in [6.07, 6.45) is 3.93. The van der Waals surface area contributed by atoms with Crippen LogP contribution >= 0.6 is 0 Å². The van der Waals surface area contributed by atoms with Gasteiger partial charge >= 0.3 is 0 Å². The monoisotopic (exact) mass is 368 g/mol. The molecule has 0 bridgehead atoms. The Bertz CT molecular complexity index is 639. The first-order valence-electron chi connectivity index (χ1n) is 9.86. The Kier molecular flexibility index (Phi) is 6.01. The third kappa shape index (κ3) is 3.95. The Hall–Kier alpha value is -1.42. The van der Waals surface area contributed by atoms with E-state index >= 15 is 0 Å². The molecule has 2 nitrogen and oxygen atoms in total. The van der Waals surface area contributed by atoms with E-state index < -0.39 is 8.32 Å². The lowest BCUT2D eigenvalue weighted by molar-refractivity contribution is 0.0789. The molecule has 1 N–H and O–H groups in total. The van der Waals surface area contributed by atoms with Crippen molar-refractivity contribution in [3.8, 4) is 0 Å². The van der Waals surface area contributed by atoms with Gasteiger partial charge in [-0.3, -0.25) is 0 Å². The molecule has 2 atom stereocenters. The van der Waals surface area contributed by atoms with Crippen molar-refractivity contribution >= 4 is 18.7 Å². The summed E-state index contributed by atoms with van der Waals surface area (Å²) in [7, 11) is -2.44. The van der Waals surface area contributed by atoms with Gasteiger partial charge in [-0.15, -0.1) is 0 Å². The smallest absolute Gasteiger partial charge is 0.261 e. The number of aliphatic hydroxyl groups is 1. The molecule has 0 aliphatic heterocycles. The zero-order valence-corrected chi connectivity index (χ0v) is 17.3. The number of rotatable bonds is 5. The summed E-state index contributed by atoms with van der Waals surface area (Å²) in [5.74, 6) is 0.459. The maximum atomic E-state index is 10.1. The van der Waals surface area contributed by atoms with Gasteiger partial charge in [0.05, 0.1) is 6.10 Å². The van der Waals surface area contributed by atoms with Gasteiger partial charge in [0.2, 0.25) is 0 Å². The van der Waals surface area contributed by atoms with Crippen molar-refractivity contribution in [2.75, 3.05) is 6.61 Å². The Morgan fingerprint density at radius 2 is 1.46 bits per heavy atom. The minimum Gasteiger partial charge on any atom is -0.407 e. The molecule has 26 heavy (non-hydrogen) atoms. The second kappa shape index (κ2) is 8.08. The molecule has 140 valence electrons. The average molecular weight is 369 g/mol. The van der Waals surface area contributed by atoms with Crippen molar-refractivity contribution < 1.29 is 9.53 Å². The van der Waals surface area contributed by atoms with E-state index in [1.54, 1.807) is 0 Å². The average Bonchev–Trinajstić information content (AvgIpc) is 2.63. The summed E-state index contributed by atoms with van der Waals surface area (Å²) in [5, 5.41) is 12.7. The van der Waals surface area contributed by atoms with Gasteiger partial charge in [0.15, 0.2) is 0 Å². The molecule has 0 heterocycles. The van der Waals surface area contributed by atoms with Gasteiger partial charge in [0.1, 0.15) is 0 Å². The van der Waals surface area contributed by atoms with Crippen molar-refractivity contribution in [1.82, 2.24) is 0 Å². The Morgan fingerprint density at radius 1 is 0.923 bits per heavy atom. The lowest BCUT2D eigenvalue weighted by Crippen LogP contribution is -2.67. The van der Waals surface area contributed by atoms with Crippen molar-refractivity contribution in [2.45, 2.75) is 57.6 Å². The molecule has 2 aromatic rings. The van der Waals surface area contributed by atoms with Gasteiger partial charge < -0.3 is 9.53 Å². The zero-order valence-electron chi connectivity index (χ0n) is 16.3. The zero-order chi connectivity index (χ0) is 18.6. The van der Waals surface area contributed by atoms with Crippen LogP contribution in [0.15, 0.2) is 60.7 Å². The molecule has 1 fully saturated rings. The van der Waals surface area contributed by atoms with Crippen molar-refractivity contribution in [3.05, 3.63) is 60.7 Å². The predicted octanol–water partition coefficient (Wildman–Crippen LogP) is 4.11. The third-order valence-electron chi connectivity index (χ3n) is 5.71. The Labute approximate surface area is 159 Å². The number of aliphatic hydroxyl groups excluding tert-OH is 1. The van der Waals surface area contributed by atoms with Gasteiger partial charge in [0.25, 0.3) is 8.32 Å². The molecule has 0 spiro atoms. The molecule has 3 heteroatoms. The summed E-state index contributed by atoms with van der Waals surface area (Å²) in [4.78, 5) is 0. The minimum atomic E-state index is -2.44. The fourth-order valence-corrected chi connectivity index (χ4v) is 9.06. The summed E-state index contributed by atoms with van der Waals surface area (Å²) in [6.45, 7) is 7.68. The van der Waals surface area contributed by atoms with Crippen molar-refractivity contribution in [3.63, 3.8) is 0 Å². The molecular formula is C23H32O2Si. The van der Waals surface area contributed by atoms with Gasteiger partial charge in [-0.1, -0.05) is 87.9 Å². The predicted molar refractivity (Wildman–Crippen MR) is 112 cm³/mol. The van der Waals surface area contributed by atoms with E-state index in [2.05, 4.69) is 81.4 Å². The second-order valence-electron chi connectivity index (χ2n) is 8.66. The van der Waals surface area contributed by atoms with Crippen LogP contribution in [0.25, 0.3) is 0 Å². The molecular weight excluding hydrogens is 336 g/mol. The fraction of sp³-hybridized carbons (Fsp3) is 0.478. The van der Waals surface area contributed by atoms with E-state index in [1.807, 2.05) is 0 Å². The van der Waals surface area contributed by atoms with Gasteiger partial charge in [-0.25, -0.2) is 0 Å². The van der Waals surface area contributed by atoms with Gasteiger partial charge in [-0.05, 0) is 40.6 Å². The molecule has 0 radical (unpaired) electrons. The van der Waals surface area contributed by atoms with E-state index in [0.29, 0.717) is 5.92 Å². The van der Waals surface area contributed by atoms with E-state index in [0.717, 1.165) is 32.3 Å². The van der Waals surface area contributed by atoms with Crippen LogP contribution in [-0.2, 0) is 4.43 Å². The van der Waals surface area contributed by atoms with Crippen LogP contribution in [0.1, 0.15) is 46.5 Å². The van der Waals surface area contributed by atoms with E-state index in [1.165, 1.54) is 10.4 Å². The maximum absolute atomic E-state index is 10.1. The quantitative estimate of drug-likeness (QED) is 0.805. The summed E-state index contributed by atoms with van der Waals surface area (Å²) < 4.78 is 6.98. The molecule has 0 saturated heterocycles. The highest BCUT2D eigenvalue weighted by molar-refractivity contribution is 6.99. The third-order valence-corrected chi connectivity index (χ3v) is 10.7. The first-order valence-corrected chi connectivity index (χ1v) is 11.8. The molecule has 1 saturated carbocycles. The highest BCUT2D eigenvalue weighted by atomic mass is 28.4. The number of benzene rings is 2. The van der Waals surface area contributed by atoms with Crippen LogP contribution in [0.5, 0.6) is 0 Å². The molecule has 1 aliphatic carbocycles. The van der Waals surface area contributed by atoms with E-state index in [4.69, 9.17) is 4.43 Å². The molecule has 2 aromatic carbocycles. The van der Waals surface area contributed by atoms with Crippen molar-refractivity contribution in [1.29, 1.82) is 0 Å². The topological polar surface area (TPSA) is 29.5 Å². The van der Waals surface area contributed by atoms with Crippen LogP contribution in [0.3, 0.4) is 0 Å². The van der Waals surface area contributed by atoms with Crippen LogP contribution in [0.4, 0.5) is 0 Å². The molecule has 0 aromatic heterocycles. The highest BCUT2D eigenvalue weighted by Crippen LogP contribution is 2.37. The molecule has 0 unspecified atom stereocenters. The number of hydrogen-bond acceptors (Lipinski definition) is 2. The Balaban J connectivity index is 2.00. The largest absolute Gasteiger partial charge is 0.407 e. The lowest BCUT2D eigenvalue weighted by atomic mass is 9.88. The molecule has 1 aliphatic rings. The normalized spacial score (nSPS) is 21.5. The summed E-state index contributed by atoms with van der Waals surface area (Å²) in [6, 6.07) is 21.6. The van der Waals surface area contributed by atoms with Crippen molar-refractivity contribution in [2.24, 2.45) is 5.92 Å². The van der Waals surface area contributed by atoms with Gasteiger partial charge in [-0.2, -0.15) is 0 Å². The highest BCUT2D eigenvalue weighted by Gasteiger charge is 2.50. The minimum absolute atomic E-state index is 0.0169.